The van der Waals surface area contributed by atoms with Crippen molar-refractivity contribution in [1.82, 2.24) is 14.9 Å². The van der Waals surface area contributed by atoms with Gasteiger partial charge in [0.15, 0.2) is 0 Å². The van der Waals surface area contributed by atoms with Crippen LogP contribution in [-0.4, -0.2) is 22.1 Å². The molecule has 158 valence electrons. The van der Waals surface area contributed by atoms with E-state index in [0.717, 1.165) is 16.5 Å². The van der Waals surface area contributed by atoms with E-state index in [1.54, 1.807) is 24.5 Å². The number of hydrogen-bond acceptors (Lipinski definition) is 3. The minimum Gasteiger partial charge on any atom is -0.493 e. The Morgan fingerprint density at radius 1 is 1.13 bits per heavy atom. The number of hydrogen-bond donors (Lipinski definition) is 1. The molecular weight excluding hydrogens is 393 g/mol. The molecule has 4 rings (SSSR count). The molecule has 3 aromatic carbocycles. The lowest BCUT2D eigenvalue weighted by atomic mass is 10.1. The Labute approximate surface area is 180 Å². The maximum atomic E-state index is 13.8. The summed E-state index contributed by atoms with van der Waals surface area (Å²) in [7, 11) is 1.85. The van der Waals surface area contributed by atoms with E-state index in [4.69, 9.17) is 4.74 Å². The zero-order valence-corrected chi connectivity index (χ0v) is 17.3. The van der Waals surface area contributed by atoms with Crippen LogP contribution in [-0.2, 0) is 11.8 Å². The monoisotopic (exact) mass is 417 g/mol. The highest BCUT2D eigenvalue weighted by atomic mass is 19.1. The van der Waals surface area contributed by atoms with Gasteiger partial charge in [-0.1, -0.05) is 48.5 Å². The standard InChI is InChI=1S/C25H24FN3O2/c1-29-15-14-27-25(29)24(19-9-4-10-20(26)17-19)28-23(30)13-6-16-31-22-12-5-8-18-7-2-3-11-21(18)22/h2-5,7-12,14-15,17,24H,6,13,16H2,1H3,(H,28,30). The summed E-state index contributed by atoms with van der Waals surface area (Å²) in [5.41, 5.74) is 0.648. The SMILES string of the molecule is Cn1ccnc1C(NC(=O)CCCOc1cccc2ccccc12)c1cccc(F)c1. The van der Waals surface area contributed by atoms with Gasteiger partial charge in [0.25, 0.3) is 0 Å². The third-order valence-electron chi connectivity index (χ3n) is 5.16. The van der Waals surface area contributed by atoms with Gasteiger partial charge in [0.1, 0.15) is 23.4 Å². The molecule has 31 heavy (non-hydrogen) atoms. The van der Waals surface area contributed by atoms with Gasteiger partial charge in [-0.3, -0.25) is 4.79 Å². The highest BCUT2D eigenvalue weighted by molar-refractivity contribution is 5.88. The summed E-state index contributed by atoms with van der Waals surface area (Å²) in [5.74, 6) is 0.961. The fourth-order valence-electron chi connectivity index (χ4n) is 3.61. The van der Waals surface area contributed by atoms with Gasteiger partial charge in [-0.2, -0.15) is 0 Å². The summed E-state index contributed by atoms with van der Waals surface area (Å²) in [4.78, 5) is 17.0. The zero-order chi connectivity index (χ0) is 21.6. The Bertz CT molecular complexity index is 1180. The van der Waals surface area contributed by atoms with Crippen molar-refractivity contribution < 1.29 is 13.9 Å². The number of carbonyl (C=O) groups excluding carboxylic acids is 1. The molecule has 0 aliphatic carbocycles. The van der Waals surface area contributed by atoms with Crippen molar-refractivity contribution in [3.63, 3.8) is 0 Å². The van der Waals surface area contributed by atoms with Crippen LogP contribution in [0.1, 0.15) is 30.3 Å². The number of fused-ring (bicyclic) bond motifs is 1. The van der Waals surface area contributed by atoms with Crippen molar-refractivity contribution in [2.45, 2.75) is 18.9 Å². The van der Waals surface area contributed by atoms with Crippen LogP contribution in [0, 0.1) is 5.82 Å². The van der Waals surface area contributed by atoms with Gasteiger partial charge in [-0.25, -0.2) is 9.37 Å². The zero-order valence-electron chi connectivity index (χ0n) is 17.3. The van der Waals surface area contributed by atoms with E-state index in [9.17, 15) is 9.18 Å². The van der Waals surface area contributed by atoms with Crippen molar-refractivity contribution in [1.29, 1.82) is 0 Å². The predicted octanol–water partition coefficient (Wildman–Crippen LogP) is 4.78. The number of carbonyl (C=O) groups is 1. The molecule has 4 aromatic rings. The lowest BCUT2D eigenvalue weighted by Crippen LogP contribution is -2.31. The molecule has 1 N–H and O–H groups in total. The molecule has 0 spiro atoms. The number of nitrogens with one attached hydrogen (secondary N) is 1. The predicted molar refractivity (Wildman–Crippen MR) is 118 cm³/mol. The molecule has 0 bridgehead atoms. The van der Waals surface area contributed by atoms with Gasteiger partial charge in [0.2, 0.25) is 5.91 Å². The summed E-state index contributed by atoms with van der Waals surface area (Å²) < 4.78 is 21.5. The van der Waals surface area contributed by atoms with Crippen LogP contribution in [0.3, 0.4) is 0 Å². The normalized spacial score (nSPS) is 11.9. The van der Waals surface area contributed by atoms with Crippen LogP contribution < -0.4 is 10.1 Å². The summed E-state index contributed by atoms with van der Waals surface area (Å²) in [6.45, 7) is 0.425. The van der Waals surface area contributed by atoms with E-state index in [1.165, 1.54) is 12.1 Å². The first-order chi connectivity index (χ1) is 15.1. The summed E-state index contributed by atoms with van der Waals surface area (Å²) in [5, 5.41) is 5.16. The molecule has 0 saturated heterocycles. The number of ether oxygens (including phenoxy) is 1. The number of rotatable bonds is 8. The summed E-state index contributed by atoms with van der Waals surface area (Å²) >= 11 is 0. The summed E-state index contributed by atoms with van der Waals surface area (Å²) in [6.07, 6.45) is 4.31. The van der Waals surface area contributed by atoms with Crippen LogP contribution in [0.5, 0.6) is 5.75 Å². The molecule has 0 fully saturated rings. The second-order valence-electron chi connectivity index (χ2n) is 7.38. The molecule has 0 aliphatic heterocycles. The molecule has 6 heteroatoms. The van der Waals surface area contributed by atoms with E-state index >= 15 is 0 Å². The number of nitrogens with zero attached hydrogens (tertiary/aromatic N) is 2. The van der Waals surface area contributed by atoms with E-state index in [0.29, 0.717) is 30.8 Å². The smallest absolute Gasteiger partial charge is 0.220 e. The van der Waals surface area contributed by atoms with E-state index in [1.807, 2.05) is 54.1 Å². The van der Waals surface area contributed by atoms with Gasteiger partial charge in [-0.05, 0) is 35.6 Å². The van der Waals surface area contributed by atoms with Crippen LogP contribution in [0.2, 0.25) is 0 Å². The first-order valence-electron chi connectivity index (χ1n) is 10.2. The van der Waals surface area contributed by atoms with Crippen molar-refractivity contribution in [2.24, 2.45) is 7.05 Å². The van der Waals surface area contributed by atoms with Gasteiger partial charge < -0.3 is 14.6 Å². The number of aryl methyl sites for hydroxylation is 1. The van der Waals surface area contributed by atoms with Gasteiger partial charge in [0, 0.05) is 31.2 Å². The van der Waals surface area contributed by atoms with Crippen LogP contribution in [0.4, 0.5) is 4.39 Å². The Balaban J connectivity index is 1.37. The average Bonchev–Trinajstić information content (AvgIpc) is 3.20. The molecule has 1 aromatic heterocycles. The Kier molecular flexibility index (Phi) is 6.26. The third kappa shape index (κ3) is 4.91. The molecular formula is C25H24FN3O2. The van der Waals surface area contributed by atoms with Crippen LogP contribution >= 0.6 is 0 Å². The summed E-state index contributed by atoms with van der Waals surface area (Å²) in [6, 6.07) is 19.7. The Morgan fingerprint density at radius 2 is 1.94 bits per heavy atom. The molecule has 1 heterocycles. The lowest BCUT2D eigenvalue weighted by Gasteiger charge is -2.19. The average molecular weight is 417 g/mol. The minimum atomic E-state index is -0.526. The van der Waals surface area contributed by atoms with Gasteiger partial charge in [0.05, 0.1) is 6.61 Å². The minimum absolute atomic E-state index is 0.140. The molecule has 1 amide bonds. The largest absolute Gasteiger partial charge is 0.493 e. The molecule has 1 atom stereocenters. The second-order valence-corrected chi connectivity index (χ2v) is 7.38. The van der Waals surface area contributed by atoms with Gasteiger partial charge >= 0.3 is 0 Å². The van der Waals surface area contributed by atoms with Gasteiger partial charge in [-0.15, -0.1) is 0 Å². The first kappa shape index (κ1) is 20.6. The Morgan fingerprint density at radius 3 is 2.74 bits per heavy atom. The fourth-order valence-corrected chi connectivity index (χ4v) is 3.61. The Hall–Kier alpha value is -3.67. The molecule has 5 nitrogen and oxygen atoms in total. The molecule has 0 saturated carbocycles. The van der Waals surface area contributed by atoms with E-state index in [2.05, 4.69) is 10.3 Å². The number of imidazole rings is 1. The van der Waals surface area contributed by atoms with Crippen molar-refractivity contribution in [3.05, 3.63) is 96.3 Å². The van der Waals surface area contributed by atoms with Crippen LogP contribution in [0.15, 0.2) is 79.1 Å². The van der Waals surface area contributed by atoms with E-state index < -0.39 is 6.04 Å². The molecule has 0 radical (unpaired) electrons. The van der Waals surface area contributed by atoms with Crippen molar-refractivity contribution >= 4 is 16.7 Å². The molecule has 1 unspecified atom stereocenters. The lowest BCUT2D eigenvalue weighted by molar-refractivity contribution is -0.121. The third-order valence-corrected chi connectivity index (χ3v) is 5.16. The van der Waals surface area contributed by atoms with Crippen LogP contribution in [0.25, 0.3) is 10.8 Å². The fraction of sp³-hybridized carbons (Fsp3) is 0.200. The number of aromatic nitrogens is 2. The maximum absolute atomic E-state index is 13.8. The highest BCUT2D eigenvalue weighted by Crippen LogP contribution is 2.25. The quantitative estimate of drug-likeness (QED) is 0.420. The van der Waals surface area contributed by atoms with Crippen molar-refractivity contribution in [2.75, 3.05) is 6.61 Å². The second kappa shape index (κ2) is 9.43. The maximum Gasteiger partial charge on any atom is 0.220 e. The molecule has 0 aliphatic rings. The number of benzene rings is 3. The topological polar surface area (TPSA) is 56.2 Å². The van der Waals surface area contributed by atoms with E-state index in [-0.39, 0.29) is 11.7 Å². The number of amides is 1. The first-order valence-corrected chi connectivity index (χ1v) is 10.2. The highest BCUT2D eigenvalue weighted by Gasteiger charge is 2.21. The number of halogens is 1. The van der Waals surface area contributed by atoms with Crippen molar-refractivity contribution in [3.8, 4) is 5.75 Å².